The van der Waals surface area contributed by atoms with Gasteiger partial charge in [-0.1, -0.05) is 40.8 Å². The predicted octanol–water partition coefficient (Wildman–Crippen LogP) is 3.22. The molecule has 2 heteroatoms. The molecule has 1 heterocycles. The molecule has 1 aromatic carbocycles. The van der Waals surface area contributed by atoms with Crippen LogP contribution >= 0.6 is 22.6 Å². The molecule has 1 unspecified atom stereocenters. The summed E-state index contributed by atoms with van der Waals surface area (Å²) in [7, 11) is 0. The summed E-state index contributed by atoms with van der Waals surface area (Å²) in [5.41, 5.74) is 2.95. The molecule has 13 heavy (non-hydrogen) atoms. The third kappa shape index (κ3) is 1.82. The number of hydrogen-bond donors (Lipinski definition) is 0. The maximum atomic E-state index is 2.49. The van der Waals surface area contributed by atoms with Crippen molar-refractivity contribution in [3.8, 4) is 0 Å². The van der Waals surface area contributed by atoms with Gasteiger partial charge in [-0.15, -0.1) is 0 Å². The van der Waals surface area contributed by atoms with E-state index in [4.69, 9.17) is 0 Å². The van der Waals surface area contributed by atoms with Crippen LogP contribution in [-0.2, 0) is 6.42 Å². The van der Waals surface area contributed by atoms with Gasteiger partial charge in [0.15, 0.2) is 0 Å². The first-order valence-electron chi connectivity index (χ1n) is 4.77. The summed E-state index contributed by atoms with van der Waals surface area (Å²) >= 11 is 2.48. The average Bonchev–Trinajstić information content (AvgIpc) is 2.17. The zero-order valence-corrected chi connectivity index (χ0v) is 9.99. The number of nitrogens with zero attached hydrogens (tertiary/aromatic N) is 1. The quantitative estimate of drug-likeness (QED) is 0.435. The second-order valence-corrected chi connectivity index (χ2v) is 5.30. The molecule has 0 saturated heterocycles. The third-order valence-electron chi connectivity index (χ3n) is 2.58. The van der Waals surface area contributed by atoms with Crippen LogP contribution in [-0.4, -0.2) is 10.6 Å². The van der Waals surface area contributed by atoms with E-state index < -0.39 is 0 Å². The molecule has 0 aliphatic carbocycles. The van der Waals surface area contributed by atoms with E-state index in [1.54, 1.807) is 0 Å². The summed E-state index contributed by atoms with van der Waals surface area (Å²) < 4.78 is 0.596. The first kappa shape index (κ1) is 9.31. The molecule has 0 saturated carbocycles. The maximum absolute atomic E-state index is 2.49. The Kier molecular flexibility index (Phi) is 2.77. The van der Waals surface area contributed by atoms with Crippen LogP contribution in [0.4, 0.5) is 5.69 Å². The Bertz CT molecular complexity index is 296. The van der Waals surface area contributed by atoms with Crippen LogP contribution in [0, 0.1) is 0 Å². The molecule has 1 aliphatic rings. The maximum Gasteiger partial charge on any atom is 0.0781 e. The lowest BCUT2D eigenvalue weighted by atomic mass is 10.0. The minimum atomic E-state index is 0.596. The number of aryl methyl sites for hydroxylation is 1. The fraction of sp³-hybridized carbons (Fsp3) is 0.455. The zero-order chi connectivity index (χ0) is 9.26. The predicted molar refractivity (Wildman–Crippen MR) is 65.6 cm³/mol. The number of alkyl halides is 1. The van der Waals surface area contributed by atoms with Crippen LogP contribution in [0.3, 0.4) is 0 Å². The molecule has 1 nitrogen and oxygen atoms in total. The van der Waals surface area contributed by atoms with E-state index in [2.05, 4.69) is 58.7 Å². The number of rotatable bonds is 1. The Morgan fingerprint density at radius 3 is 2.92 bits per heavy atom. The molecular weight excluding hydrogens is 273 g/mol. The third-order valence-corrected chi connectivity index (χ3v) is 3.25. The second-order valence-electron chi connectivity index (χ2n) is 3.50. The number of hydrogen-bond acceptors (Lipinski definition) is 1. The van der Waals surface area contributed by atoms with Gasteiger partial charge in [0.25, 0.3) is 0 Å². The van der Waals surface area contributed by atoms with Gasteiger partial charge in [-0.05, 0) is 31.4 Å². The Balaban J connectivity index is 2.37. The standard InChI is InChI=1S/C11H14IN/c1-9(12)13-8-4-6-10-5-2-3-7-11(10)13/h2-3,5,7,9H,4,6,8H2,1H3. The van der Waals surface area contributed by atoms with E-state index in [9.17, 15) is 0 Å². The van der Waals surface area contributed by atoms with Crippen molar-refractivity contribution in [3.05, 3.63) is 29.8 Å². The molecule has 1 aliphatic heterocycles. The monoisotopic (exact) mass is 287 g/mol. The lowest BCUT2D eigenvalue weighted by molar-refractivity contribution is 0.698. The van der Waals surface area contributed by atoms with Gasteiger partial charge in [-0.3, -0.25) is 0 Å². The summed E-state index contributed by atoms with van der Waals surface area (Å²) in [4.78, 5) is 2.49. The summed E-state index contributed by atoms with van der Waals surface area (Å²) in [5, 5.41) is 0. The van der Waals surface area contributed by atoms with Crippen LogP contribution in [0.15, 0.2) is 24.3 Å². The fourth-order valence-corrected chi connectivity index (χ4v) is 2.51. The molecular formula is C11H14IN. The average molecular weight is 287 g/mol. The first-order chi connectivity index (χ1) is 6.29. The zero-order valence-electron chi connectivity index (χ0n) is 7.83. The normalized spacial score (nSPS) is 18.2. The molecule has 0 N–H and O–H groups in total. The van der Waals surface area contributed by atoms with Gasteiger partial charge < -0.3 is 4.90 Å². The molecule has 0 spiro atoms. The number of halogens is 1. The van der Waals surface area contributed by atoms with Crippen LogP contribution in [0.5, 0.6) is 0 Å². The largest absolute Gasteiger partial charge is 0.360 e. The van der Waals surface area contributed by atoms with E-state index in [-0.39, 0.29) is 0 Å². The number of fused-ring (bicyclic) bond motifs is 1. The van der Waals surface area contributed by atoms with Gasteiger partial charge >= 0.3 is 0 Å². The van der Waals surface area contributed by atoms with E-state index in [0.29, 0.717) is 4.05 Å². The lowest BCUT2D eigenvalue weighted by Crippen LogP contribution is -2.33. The van der Waals surface area contributed by atoms with Gasteiger partial charge in [0.1, 0.15) is 0 Å². The Morgan fingerprint density at radius 1 is 1.38 bits per heavy atom. The van der Waals surface area contributed by atoms with Crippen molar-refractivity contribution in [2.24, 2.45) is 0 Å². The summed E-state index contributed by atoms with van der Waals surface area (Å²) in [6, 6.07) is 8.76. The summed E-state index contributed by atoms with van der Waals surface area (Å²) in [5.74, 6) is 0. The van der Waals surface area contributed by atoms with Crippen LogP contribution in [0.25, 0.3) is 0 Å². The SMILES string of the molecule is CC(I)N1CCCc2ccccc21. The van der Waals surface area contributed by atoms with Crippen molar-refractivity contribution in [2.45, 2.75) is 23.8 Å². The molecule has 70 valence electrons. The van der Waals surface area contributed by atoms with Crippen molar-refractivity contribution in [3.63, 3.8) is 0 Å². The highest BCUT2D eigenvalue weighted by Crippen LogP contribution is 2.29. The minimum absolute atomic E-state index is 0.596. The van der Waals surface area contributed by atoms with Crippen LogP contribution in [0.1, 0.15) is 18.9 Å². The van der Waals surface area contributed by atoms with Gasteiger partial charge in [0.05, 0.1) is 4.05 Å². The highest BCUT2D eigenvalue weighted by molar-refractivity contribution is 14.1. The molecule has 1 atom stereocenters. The van der Waals surface area contributed by atoms with Crippen molar-refractivity contribution >= 4 is 28.3 Å². The molecule has 2 rings (SSSR count). The fourth-order valence-electron chi connectivity index (χ4n) is 1.93. The molecule has 0 fully saturated rings. The van der Waals surface area contributed by atoms with Crippen molar-refractivity contribution in [2.75, 3.05) is 11.4 Å². The molecule has 0 radical (unpaired) electrons. The highest BCUT2D eigenvalue weighted by atomic mass is 127. The van der Waals surface area contributed by atoms with Gasteiger partial charge in [0.2, 0.25) is 0 Å². The Hall–Kier alpha value is -0.250. The van der Waals surface area contributed by atoms with Crippen LogP contribution in [0.2, 0.25) is 0 Å². The smallest absolute Gasteiger partial charge is 0.0781 e. The molecule has 0 amide bonds. The highest BCUT2D eigenvalue weighted by Gasteiger charge is 2.18. The van der Waals surface area contributed by atoms with Gasteiger partial charge in [-0.2, -0.15) is 0 Å². The van der Waals surface area contributed by atoms with Gasteiger partial charge in [0, 0.05) is 12.2 Å². The van der Waals surface area contributed by atoms with E-state index >= 15 is 0 Å². The number of para-hydroxylation sites is 1. The number of benzene rings is 1. The van der Waals surface area contributed by atoms with Crippen molar-refractivity contribution in [1.29, 1.82) is 0 Å². The van der Waals surface area contributed by atoms with E-state index in [1.807, 2.05) is 0 Å². The topological polar surface area (TPSA) is 3.24 Å². The molecule has 1 aromatic rings. The summed E-state index contributed by atoms with van der Waals surface area (Å²) in [6.45, 7) is 3.46. The Labute approximate surface area is 93.3 Å². The minimum Gasteiger partial charge on any atom is -0.360 e. The summed E-state index contributed by atoms with van der Waals surface area (Å²) in [6.07, 6.45) is 2.54. The molecule has 0 bridgehead atoms. The first-order valence-corrected chi connectivity index (χ1v) is 6.02. The van der Waals surface area contributed by atoms with Gasteiger partial charge in [-0.25, -0.2) is 0 Å². The van der Waals surface area contributed by atoms with Crippen molar-refractivity contribution < 1.29 is 0 Å². The van der Waals surface area contributed by atoms with Crippen LogP contribution < -0.4 is 4.90 Å². The second kappa shape index (κ2) is 3.86. The Morgan fingerprint density at radius 2 is 2.15 bits per heavy atom. The molecule has 0 aromatic heterocycles. The number of anilines is 1. The van der Waals surface area contributed by atoms with E-state index in [0.717, 1.165) is 0 Å². The van der Waals surface area contributed by atoms with E-state index in [1.165, 1.54) is 30.6 Å². The lowest BCUT2D eigenvalue weighted by Gasteiger charge is -2.33. The van der Waals surface area contributed by atoms with Crippen molar-refractivity contribution in [1.82, 2.24) is 0 Å².